The van der Waals surface area contributed by atoms with Gasteiger partial charge in [0.15, 0.2) is 11.5 Å². The smallest absolute Gasteiger partial charge is 0.225 e. The molecule has 33 heavy (non-hydrogen) atoms. The molecule has 5 rings (SSSR count). The summed E-state index contributed by atoms with van der Waals surface area (Å²) < 4.78 is 11.6. The van der Waals surface area contributed by atoms with Crippen molar-refractivity contribution in [3.63, 3.8) is 0 Å². The molecule has 3 aromatic carbocycles. The second-order valence-electron chi connectivity index (χ2n) is 8.25. The van der Waals surface area contributed by atoms with E-state index in [1.807, 2.05) is 66.7 Å². The minimum atomic E-state index is 0.478. The van der Waals surface area contributed by atoms with Gasteiger partial charge >= 0.3 is 0 Å². The first-order valence-electron chi connectivity index (χ1n) is 11.5. The van der Waals surface area contributed by atoms with Gasteiger partial charge < -0.3 is 20.1 Å². The Balaban J connectivity index is 1.38. The van der Waals surface area contributed by atoms with E-state index in [0.717, 1.165) is 28.0 Å². The van der Waals surface area contributed by atoms with Crippen molar-refractivity contribution in [1.29, 1.82) is 0 Å². The zero-order chi connectivity index (χ0) is 22.5. The first-order valence-corrected chi connectivity index (χ1v) is 11.5. The predicted octanol–water partition coefficient (Wildman–Crippen LogP) is 6.40. The highest BCUT2D eigenvalue weighted by molar-refractivity contribution is 5.90. The summed E-state index contributed by atoms with van der Waals surface area (Å²) >= 11 is 0. The Hall–Kier alpha value is -3.80. The zero-order valence-electron chi connectivity index (χ0n) is 18.8. The summed E-state index contributed by atoms with van der Waals surface area (Å²) in [6.45, 7) is 0.534. The molecular weight excluding hydrogens is 412 g/mol. The number of hydrogen-bond donors (Lipinski definition) is 2. The standard InChI is InChI=1S/C27H28N4O2/c1-32-24-16-8-9-17-25(24)33-23-15-7-2-10-19(23)18-28-27-30-22-14-6-5-13-21(22)26(31-27)29-20-11-3-4-12-20/h2,5-10,13-17,20H,3-4,11-12,18H2,1H3,(H2,28,29,30,31). The first kappa shape index (κ1) is 21.1. The number of benzene rings is 3. The SMILES string of the molecule is COc1ccccc1Oc1ccccc1CNc1nc(NC2CCCC2)c2ccccc2n1. The molecule has 0 aliphatic heterocycles. The van der Waals surface area contributed by atoms with Crippen molar-refractivity contribution < 1.29 is 9.47 Å². The van der Waals surface area contributed by atoms with Crippen molar-refractivity contribution in [3.8, 4) is 17.2 Å². The fraction of sp³-hybridized carbons (Fsp3) is 0.259. The maximum absolute atomic E-state index is 6.18. The summed E-state index contributed by atoms with van der Waals surface area (Å²) in [5.74, 6) is 3.63. The normalized spacial score (nSPS) is 13.7. The number of aromatic nitrogens is 2. The Morgan fingerprint density at radius 3 is 2.33 bits per heavy atom. The van der Waals surface area contributed by atoms with Crippen LogP contribution in [-0.4, -0.2) is 23.1 Å². The van der Waals surface area contributed by atoms with Crippen LogP contribution in [0.5, 0.6) is 17.2 Å². The predicted molar refractivity (Wildman–Crippen MR) is 132 cm³/mol. The van der Waals surface area contributed by atoms with E-state index in [9.17, 15) is 0 Å². The van der Waals surface area contributed by atoms with Crippen molar-refractivity contribution in [2.24, 2.45) is 0 Å². The third-order valence-electron chi connectivity index (χ3n) is 6.00. The van der Waals surface area contributed by atoms with Crippen LogP contribution in [0.2, 0.25) is 0 Å². The van der Waals surface area contributed by atoms with E-state index >= 15 is 0 Å². The topological polar surface area (TPSA) is 68.3 Å². The van der Waals surface area contributed by atoms with E-state index in [0.29, 0.717) is 30.0 Å². The van der Waals surface area contributed by atoms with E-state index in [-0.39, 0.29) is 0 Å². The molecule has 4 aromatic rings. The number of nitrogens with one attached hydrogen (secondary N) is 2. The lowest BCUT2D eigenvalue weighted by Gasteiger charge is -2.17. The van der Waals surface area contributed by atoms with Gasteiger partial charge in [0.05, 0.1) is 12.6 Å². The number of nitrogens with zero attached hydrogens (tertiary/aromatic N) is 2. The molecule has 1 fully saturated rings. The van der Waals surface area contributed by atoms with Crippen LogP contribution in [0.4, 0.5) is 11.8 Å². The van der Waals surface area contributed by atoms with Crippen molar-refractivity contribution in [1.82, 2.24) is 9.97 Å². The first-order chi connectivity index (χ1) is 16.3. The van der Waals surface area contributed by atoms with Crippen LogP contribution < -0.4 is 20.1 Å². The second kappa shape index (κ2) is 9.77. The van der Waals surface area contributed by atoms with Gasteiger partial charge in [-0.15, -0.1) is 0 Å². The average molecular weight is 441 g/mol. The third-order valence-corrected chi connectivity index (χ3v) is 6.00. The van der Waals surface area contributed by atoms with E-state index in [1.54, 1.807) is 7.11 Å². The van der Waals surface area contributed by atoms with Gasteiger partial charge in [-0.2, -0.15) is 4.98 Å². The van der Waals surface area contributed by atoms with Crippen LogP contribution in [0.1, 0.15) is 31.2 Å². The van der Waals surface area contributed by atoms with Gasteiger partial charge in [0, 0.05) is 23.5 Å². The lowest BCUT2D eigenvalue weighted by molar-refractivity contribution is 0.378. The molecule has 6 heteroatoms. The maximum atomic E-state index is 6.18. The number of hydrogen-bond acceptors (Lipinski definition) is 6. The zero-order valence-corrected chi connectivity index (χ0v) is 18.8. The maximum Gasteiger partial charge on any atom is 0.225 e. The largest absolute Gasteiger partial charge is 0.493 e. The van der Waals surface area contributed by atoms with Crippen LogP contribution in [0.25, 0.3) is 10.9 Å². The Morgan fingerprint density at radius 1 is 0.818 bits per heavy atom. The molecule has 2 N–H and O–H groups in total. The van der Waals surface area contributed by atoms with Crippen LogP contribution in [0.15, 0.2) is 72.8 Å². The molecular formula is C27H28N4O2. The van der Waals surface area contributed by atoms with Crippen LogP contribution in [0.3, 0.4) is 0 Å². The molecule has 1 aromatic heterocycles. The van der Waals surface area contributed by atoms with Gasteiger partial charge in [-0.05, 0) is 43.2 Å². The lowest BCUT2D eigenvalue weighted by atomic mass is 10.2. The summed E-state index contributed by atoms with van der Waals surface area (Å²) in [5, 5.41) is 8.10. The number of fused-ring (bicyclic) bond motifs is 1. The Bertz CT molecular complexity index is 1240. The molecule has 0 amide bonds. The van der Waals surface area contributed by atoms with Crippen LogP contribution in [-0.2, 0) is 6.54 Å². The molecule has 0 spiro atoms. The van der Waals surface area contributed by atoms with E-state index in [4.69, 9.17) is 19.4 Å². The van der Waals surface area contributed by atoms with Crippen molar-refractivity contribution >= 4 is 22.7 Å². The monoisotopic (exact) mass is 440 g/mol. The number of para-hydroxylation sites is 4. The van der Waals surface area contributed by atoms with Gasteiger partial charge in [0.25, 0.3) is 0 Å². The highest BCUT2D eigenvalue weighted by Gasteiger charge is 2.17. The molecule has 1 heterocycles. The molecule has 0 bridgehead atoms. The number of rotatable bonds is 8. The highest BCUT2D eigenvalue weighted by atomic mass is 16.5. The van der Waals surface area contributed by atoms with E-state index in [1.165, 1.54) is 25.7 Å². The molecule has 168 valence electrons. The summed E-state index contributed by atoms with van der Waals surface area (Å²) in [5.41, 5.74) is 1.93. The van der Waals surface area contributed by atoms with Crippen LogP contribution >= 0.6 is 0 Å². The summed E-state index contributed by atoms with van der Waals surface area (Å²) in [7, 11) is 1.64. The minimum Gasteiger partial charge on any atom is -0.493 e. The molecule has 0 atom stereocenters. The molecule has 1 saturated carbocycles. The lowest BCUT2D eigenvalue weighted by Crippen LogP contribution is -2.17. The Morgan fingerprint density at radius 2 is 1.52 bits per heavy atom. The fourth-order valence-electron chi connectivity index (χ4n) is 4.27. The average Bonchev–Trinajstić information content (AvgIpc) is 3.37. The van der Waals surface area contributed by atoms with Gasteiger partial charge in [-0.3, -0.25) is 0 Å². The van der Waals surface area contributed by atoms with E-state index < -0.39 is 0 Å². The van der Waals surface area contributed by atoms with Crippen molar-refractivity contribution in [2.45, 2.75) is 38.3 Å². The molecule has 0 radical (unpaired) electrons. The van der Waals surface area contributed by atoms with Gasteiger partial charge in [-0.1, -0.05) is 55.3 Å². The third kappa shape index (κ3) is 4.85. The number of methoxy groups -OCH3 is 1. The highest BCUT2D eigenvalue weighted by Crippen LogP contribution is 2.33. The number of ether oxygens (including phenoxy) is 2. The molecule has 1 aliphatic carbocycles. The van der Waals surface area contributed by atoms with E-state index in [2.05, 4.69) is 16.7 Å². The van der Waals surface area contributed by atoms with Gasteiger partial charge in [0.2, 0.25) is 5.95 Å². The van der Waals surface area contributed by atoms with Crippen LogP contribution in [0, 0.1) is 0 Å². The fourth-order valence-corrected chi connectivity index (χ4v) is 4.27. The van der Waals surface area contributed by atoms with Gasteiger partial charge in [0.1, 0.15) is 11.6 Å². The summed E-state index contributed by atoms with van der Waals surface area (Å²) in [6.07, 6.45) is 4.92. The van der Waals surface area contributed by atoms with Crippen molar-refractivity contribution in [2.75, 3.05) is 17.7 Å². The minimum absolute atomic E-state index is 0.478. The Labute approximate surface area is 194 Å². The van der Waals surface area contributed by atoms with Gasteiger partial charge in [-0.25, -0.2) is 4.98 Å². The Kier molecular flexibility index (Phi) is 6.24. The summed E-state index contributed by atoms with van der Waals surface area (Å²) in [6, 6.07) is 24.2. The molecule has 1 aliphatic rings. The second-order valence-corrected chi connectivity index (χ2v) is 8.25. The summed E-state index contributed by atoms with van der Waals surface area (Å²) in [4.78, 5) is 9.57. The molecule has 0 unspecified atom stereocenters. The molecule has 0 saturated heterocycles. The molecule has 6 nitrogen and oxygen atoms in total. The number of anilines is 2. The van der Waals surface area contributed by atoms with Crippen molar-refractivity contribution in [3.05, 3.63) is 78.4 Å². The quantitative estimate of drug-likeness (QED) is 0.331.